The number of nitrogens with two attached hydrogens (primary N) is 1. The van der Waals surface area contributed by atoms with Gasteiger partial charge in [0.1, 0.15) is 17.9 Å². The molecule has 3 rings (SSSR count). The lowest BCUT2D eigenvalue weighted by Crippen LogP contribution is -2.36. The number of fused-ring (bicyclic) bond motifs is 1. The van der Waals surface area contributed by atoms with E-state index in [0.717, 1.165) is 11.3 Å². The molecule has 0 spiro atoms. The Morgan fingerprint density at radius 1 is 1.17 bits per heavy atom. The molecule has 0 fully saturated rings. The van der Waals surface area contributed by atoms with E-state index in [2.05, 4.69) is 20.0 Å². The van der Waals surface area contributed by atoms with Crippen LogP contribution in [-0.2, 0) is 0 Å². The number of nitrogens with zero attached hydrogens (tertiary/aromatic N) is 4. The Balaban J connectivity index is 1.97. The highest BCUT2D eigenvalue weighted by atomic mass is 16.5. The molecule has 18 heavy (non-hydrogen) atoms. The molecule has 2 aliphatic rings. The van der Waals surface area contributed by atoms with E-state index in [9.17, 15) is 0 Å². The first-order valence-corrected chi connectivity index (χ1v) is 5.44. The third-order valence-electron chi connectivity index (χ3n) is 2.73. The quantitative estimate of drug-likeness (QED) is 0.823. The molecule has 90 valence electrons. The number of hydrogen-bond donors (Lipinski definition) is 1. The standard InChI is InChI=1S/C12H11N5O/c1-18-8-4-2-7(3-5-8)11-16-10(13)9-12(17-11)15-6-14-9/h2-6,9H,1H3,(H2,13,14,15,16,17). The summed E-state index contributed by atoms with van der Waals surface area (Å²) in [7, 11) is 1.62. The van der Waals surface area contributed by atoms with Crippen molar-refractivity contribution < 1.29 is 4.74 Å². The molecule has 1 aromatic rings. The van der Waals surface area contributed by atoms with Crippen molar-refractivity contribution in [3.05, 3.63) is 29.8 Å². The maximum Gasteiger partial charge on any atom is 0.168 e. The summed E-state index contributed by atoms with van der Waals surface area (Å²) in [6, 6.07) is 7.15. The predicted molar refractivity (Wildman–Crippen MR) is 70.9 cm³/mol. The summed E-state index contributed by atoms with van der Waals surface area (Å²) in [5.41, 5.74) is 6.72. The van der Waals surface area contributed by atoms with Crippen LogP contribution in [-0.4, -0.2) is 37.0 Å². The van der Waals surface area contributed by atoms with E-state index < -0.39 is 0 Å². The van der Waals surface area contributed by atoms with E-state index in [-0.39, 0.29) is 6.04 Å². The van der Waals surface area contributed by atoms with Gasteiger partial charge in [0.2, 0.25) is 0 Å². The fourth-order valence-electron chi connectivity index (χ4n) is 1.78. The van der Waals surface area contributed by atoms with Gasteiger partial charge in [-0.2, -0.15) is 0 Å². The zero-order valence-electron chi connectivity index (χ0n) is 9.74. The molecule has 1 unspecified atom stereocenters. The highest BCUT2D eigenvalue weighted by Crippen LogP contribution is 2.16. The first-order chi connectivity index (χ1) is 8.78. The molecule has 2 aliphatic heterocycles. The summed E-state index contributed by atoms with van der Waals surface area (Å²) in [5, 5.41) is 0. The van der Waals surface area contributed by atoms with Gasteiger partial charge in [-0.15, -0.1) is 0 Å². The molecular formula is C12H11N5O. The van der Waals surface area contributed by atoms with Crippen LogP contribution in [0.2, 0.25) is 0 Å². The second kappa shape index (κ2) is 4.06. The van der Waals surface area contributed by atoms with E-state index in [0.29, 0.717) is 17.5 Å². The maximum absolute atomic E-state index is 5.85. The Labute approximate surface area is 104 Å². The van der Waals surface area contributed by atoms with Crippen molar-refractivity contribution in [2.75, 3.05) is 7.11 Å². The Kier molecular flexibility index (Phi) is 2.40. The van der Waals surface area contributed by atoms with Crippen LogP contribution in [0.4, 0.5) is 0 Å². The van der Waals surface area contributed by atoms with Gasteiger partial charge < -0.3 is 10.5 Å². The number of hydrogen-bond acceptors (Lipinski definition) is 6. The smallest absolute Gasteiger partial charge is 0.168 e. The van der Waals surface area contributed by atoms with Gasteiger partial charge in [-0.1, -0.05) is 0 Å². The molecule has 1 aromatic carbocycles. The van der Waals surface area contributed by atoms with Crippen molar-refractivity contribution in [2.45, 2.75) is 6.04 Å². The van der Waals surface area contributed by atoms with Gasteiger partial charge >= 0.3 is 0 Å². The van der Waals surface area contributed by atoms with Gasteiger partial charge in [0, 0.05) is 5.56 Å². The third kappa shape index (κ3) is 1.67. The molecule has 0 radical (unpaired) electrons. The second-order valence-corrected chi connectivity index (χ2v) is 3.85. The average Bonchev–Trinajstić information content (AvgIpc) is 2.88. The minimum Gasteiger partial charge on any atom is -0.497 e. The fraction of sp³-hybridized carbons (Fsp3) is 0.167. The maximum atomic E-state index is 5.85. The molecule has 0 saturated heterocycles. The summed E-state index contributed by atoms with van der Waals surface area (Å²) < 4.78 is 5.10. The highest BCUT2D eigenvalue weighted by Gasteiger charge is 2.27. The monoisotopic (exact) mass is 241 g/mol. The van der Waals surface area contributed by atoms with Gasteiger partial charge in [-0.05, 0) is 24.3 Å². The minimum atomic E-state index is -0.313. The van der Waals surface area contributed by atoms with E-state index in [1.54, 1.807) is 7.11 Å². The SMILES string of the molecule is COc1ccc(C2=NC3=NC=NC3C(N)=N2)cc1. The van der Waals surface area contributed by atoms with Crippen molar-refractivity contribution in [2.24, 2.45) is 25.7 Å². The fourth-order valence-corrected chi connectivity index (χ4v) is 1.78. The van der Waals surface area contributed by atoms with Crippen LogP contribution < -0.4 is 10.5 Å². The average molecular weight is 241 g/mol. The molecule has 6 heteroatoms. The number of amidine groups is 3. The molecular weight excluding hydrogens is 230 g/mol. The lowest BCUT2D eigenvalue weighted by molar-refractivity contribution is 0.415. The summed E-state index contributed by atoms with van der Waals surface area (Å²) in [6.45, 7) is 0. The number of benzene rings is 1. The van der Waals surface area contributed by atoms with Crippen LogP contribution in [0.1, 0.15) is 5.56 Å². The lowest BCUT2D eigenvalue weighted by atomic mass is 10.1. The Morgan fingerprint density at radius 3 is 2.67 bits per heavy atom. The van der Waals surface area contributed by atoms with Crippen LogP contribution in [0.3, 0.4) is 0 Å². The first-order valence-electron chi connectivity index (χ1n) is 5.44. The highest BCUT2D eigenvalue weighted by molar-refractivity contribution is 6.25. The van der Waals surface area contributed by atoms with Gasteiger partial charge in [0.25, 0.3) is 0 Å². The van der Waals surface area contributed by atoms with Crippen LogP contribution >= 0.6 is 0 Å². The molecule has 0 saturated carbocycles. The Morgan fingerprint density at radius 2 is 1.94 bits per heavy atom. The molecule has 0 aliphatic carbocycles. The molecule has 6 nitrogen and oxygen atoms in total. The van der Waals surface area contributed by atoms with Crippen molar-refractivity contribution in [3.63, 3.8) is 0 Å². The number of ether oxygens (including phenoxy) is 1. The summed E-state index contributed by atoms with van der Waals surface area (Å²) in [6.07, 6.45) is 1.46. The summed E-state index contributed by atoms with van der Waals surface area (Å²) >= 11 is 0. The molecule has 0 amide bonds. The largest absolute Gasteiger partial charge is 0.497 e. The van der Waals surface area contributed by atoms with Crippen LogP contribution in [0.5, 0.6) is 5.75 Å². The van der Waals surface area contributed by atoms with Gasteiger partial charge in [-0.25, -0.2) is 15.0 Å². The number of rotatable bonds is 2. The van der Waals surface area contributed by atoms with Crippen molar-refractivity contribution in [1.82, 2.24) is 0 Å². The van der Waals surface area contributed by atoms with E-state index in [1.807, 2.05) is 24.3 Å². The third-order valence-corrected chi connectivity index (χ3v) is 2.73. The van der Waals surface area contributed by atoms with E-state index >= 15 is 0 Å². The Bertz CT molecular complexity index is 597. The van der Waals surface area contributed by atoms with E-state index in [1.165, 1.54) is 6.34 Å². The normalized spacial score (nSPS) is 20.9. The predicted octanol–water partition coefficient (Wildman–Crippen LogP) is 0.622. The lowest BCUT2D eigenvalue weighted by Gasteiger charge is -2.14. The molecule has 0 bridgehead atoms. The van der Waals surface area contributed by atoms with Crippen molar-refractivity contribution >= 4 is 23.8 Å². The van der Waals surface area contributed by atoms with Gasteiger partial charge in [0.05, 0.1) is 7.11 Å². The topological polar surface area (TPSA) is 84.7 Å². The van der Waals surface area contributed by atoms with E-state index in [4.69, 9.17) is 10.5 Å². The summed E-state index contributed by atoms with van der Waals surface area (Å²) in [4.78, 5) is 16.8. The van der Waals surface area contributed by atoms with Crippen LogP contribution in [0.15, 0.2) is 44.2 Å². The zero-order chi connectivity index (χ0) is 12.5. The zero-order valence-corrected chi connectivity index (χ0v) is 9.74. The van der Waals surface area contributed by atoms with Crippen molar-refractivity contribution in [3.8, 4) is 5.75 Å². The van der Waals surface area contributed by atoms with Crippen molar-refractivity contribution in [1.29, 1.82) is 0 Å². The molecule has 0 aromatic heterocycles. The minimum absolute atomic E-state index is 0.313. The second-order valence-electron chi connectivity index (χ2n) is 3.85. The number of methoxy groups -OCH3 is 1. The molecule has 2 N–H and O–H groups in total. The molecule has 1 atom stereocenters. The summed E-state index contributed by atoms with van der Waals surface area (Å²) in [5.74, 6) is 2.35. The number of aliphatic imine (C=N–C) groups is 4. The molecule has 2 heterocycles. The van der Waals surface area contributed by atoms with Gasteiger partial charge in [0.15, 0.2) is 17.7 Å². The first kappa shape index (κ1) is 10.6. The Hall–Kier alpha value is -2.50. The van der Waals surface area contributed by atoms with Gasteiger partial charge in [-0.3, -0.25) is 4.99 Å². The van der Waals surface area contributed by atoms with Crippen LogP contribution in [0, 0.1) is 0 Å². The van der Waals surface area contributed by atoms with Crippen LogP contribution in [0.25, 0.3) is 0 Å².